The number of aryl methyl sites for hydroxylation is 2. The van der Waals surface area contributed by atoms with Crippen LogP contribution in [-0.4, -0.2) is 32.2 Å². The average molecular weight is 446 g/mol. The third-order valence-electron chi connectivity index (χ3n) is 5.35. The number of fused-ring (bicyclic) bond motifs is 1. The van der Waals surface area contributed by atoms with E-state index in [2.05, 4.69) is 31.0 Å². The van der Waals surface area contributed by atoms with Crippen molar-refractivity contribution in [3.63, 3.8) is 0 Å². The summed E-state index contributed by atoms with van der Waals surface area (Å²) in [5, 5.41) is 13.7. The predicted octanol–water partition coefficient (Wildman–Crippen LogP) is 3.89. The lowest BCUT2D eigenvalue weighted by molar-refractivity contribution is 0.103. The van der Waals surface area contributed by atoms with Gasteiger partial charge in [-0.15, -0.1) is 11.3 Å². The first-order chi connectivity index (χ1) is 15.5. The maximum atomic E-state index is 12.8. The van der Waals surface area contributed by atoms with Gasteiger partial charge in [-0.25, -0.2) is 9.97 Å². The van der Waals surface area contributed by atoms with Crippen LogP contribution in [0, 0.1) is 6.92 Å². The van der Waals surface area contributed by atoms with E-state index in [0.717, 1.165) is 52.6 Å². The van der Waals surface area contributed by atoms with Crippen molar-refractivity contribution in [1.29, 1.82) is 0 Å². The Bertz CT molecular complexity index is 1270. The summed E-state index contributed by atoms with van der Waals surface area (Å²) in [6.07, 6.45) is 6.29. The molecule has 9 heteroatoms. The van der Waals surface area contributed by atoms with Gasteiger partial charge in [-0.1, -0.05) is 6.07 Å². The zero-order valence-corrected chi connectivity index (χ0v) is 18.7. The van der Waals surface area contributed by atoms with Crippen molar-refractivity contribution in [2.75, 3.05) is 17.2 Å². The summed E-state index contributed by atoms with van der Waals surface area (Å²) in [5.74, 6) is 0.437. The van der Waals surface area contributed by atoms with Gasteiger partial charge in [0.2, 0.25) is 5.95 Å². The summed E-state index contributed by atoms with van der Waals surface area (Å²) < 4.78 is 1.71. The number of hydrogen-bond acceptors (Lipinski definition) is 7. The van der Waals surface area contributed by atoms with Gasteiger partial charge in [0.1, 0.15) is 0 Å². The van der Waals surface area contributed by atoms with Crippen LogP contribution in [0.3, 0.4) is 0 Å². The van der Waals surface area contributed by atoms with E-state index in [1.807, 2.05) is 50.5 Å². The van der Waals surface area contributed by atoms with Crippen LogP contribution in [0.2, 0.25) is 0 Å². The Morgan fingerprint density at radius 2 is 2.16 bits per heavy atom. The Hall–Kier alpha value is -3.56. The number of carbonyl (C=O) groups is 1. The second kappa shape index (κ2) is 8.52. The van der Waals surface area contributed by atoms with E-state index in [-0.39, 0.29) is 5.91 Å². The van der Waals surface area contributed by atoms with Crippen molar-refractivity contribution in [2.45, 2.75) is 19.9 Å². The Morgan fingerprint density at radius 3 is 2.94 bits per heavy atom. The molecule has 32 heavy (non-hydrogen) atoms. The lowest BCUT2D eigenvalue weighted by atomic mass is 10.1. The first-order valence-corrected chi connectivity index (χ1v) is 11.2. The second-order valence-electron chi connectivity index (χ2n) is 7.76. The molecule has 0 fully saturated rings. The Kier molecular flexibility index (Phi) is 5.42. The molecular formula is C23H23N7OS. The van der Waals surface area contributed by atoms with Gasteiger partial charge < -0.3 is 16.0 Å². The molecule has 0 bridgehead atoms. The molecule has 162 valence electrons. The van der Waals surface area contributed by atoms with E-state index in [1.54, 1.807) is 28.4 Å². The van der Waals surface area contributed by atoms with Crippen LogP contribution in [0.25, 0.3) is 11.3 Å². The van der Waals surface area contributed by atoms with Crippen molar-refractivity contribution in [3.05, 3.63) is 69.8 Å². The highest BCUT2D eigenvalue weighted by atomic mass is 32.1. The van der Waals surface area contributed by atoms with Crippen molar-refractivity contribution in [1.82, 2.24) is 25.1 Å². The molecule has 0 saturated heterocycles. The second-order valence-corrected chi connectivity index (χ2v) is 8.90. The highest BCUT2D eigenvalue weighted by Crippen LogP contribution is 2.28. The van der Waals surface area contributed by atoms with Gasteiger partial charge in [0.25, 0.3) is 5.91 Å². The molecule has 0 aliphatic carbocycles. The number of nitrogens with one attached hydrogen (secondary N) is 3. The van der Waals surface area contributed by atoms with E-state index in [1.165, 1.54) is 10.4 Å². The van der Waals surface area contributed by atoms with Gasteiger partial charge >= 0.3 is 0 Å². The summed E-state index contributed by atoms with van der Waals surface area (Å²) in [7, 11) is 1.86. The summed E-state index contributed by atoms with van der Waals surface area (Å²) in [5.41, 5.74) is 5.58. The lowest BCUT2D eigenvalue weighted by Gasteiger charge is -2.10. The maximum Gasteiger partial charge on any atom is 0.265 e. The zero-order valence-electron chi connectivity index (χ0n) is 17.8. The summed E-state index contributed by atoms with van der Waals surface area (Å²) >= 11 is 1.59. The Balaban J connectivity index is 1.32. The van der Waals surface area contributed by atoms with Crippen LogP contribution in [-0.2, 0) is 20.0 Å². The summed E-state index contributed by atoms with van der Waals surface area (Å²) in [6, 6.07) is 9.78. The fourth-order valence-corrected chi connectivity index (χ4v) is 4.78. The minimum absolute atomic E-state index is 0.0646. The molecule has 3 aromatic heterocycles. The molecule has 0 saturated carbocycles. The van der Waals surface area contributed by atoms with E-state index < -0.39 is 0 Å². The number of thiophene rings is 1. The highest BCUT2D eigenvalue weighted by Gasteiger charge is 2.17. The summed E-state index contributed by atoms with van der Waals surface area (Å²) in [6.45, 7) is 3.79. The van der Waals surface area contributed by atoms with Gasteiger partial charge in [-0.05, 0) is 48.7 Å². The number of benzene rings is 1. The van der Waals surface area contributed by atoms with E-state index in [9.17, 15) is 4.79 Å². The van der Waals surface area contributed by atoms with Crippen LogP contribution in [0.5, 0.6) is 0 Å². The predicted molar refractivity (Wildman–Crippen MR) is 126 cm³/mol. The standard InChI is InChI=1S/C23H23N7OS/c1-14-9-15(19-5-8-25-23(29-19)27-17-12-26-30(2)13-17)3-4-18(14)28-22(31)21-10-16-11-24-7-6-20(16)32-21/h3-5,8-10,12-13,24H,6-7,11H2,1-2H3,(H,28,31)(H,25,27,29). The van der Waals surface area contributed by atoms with Gasteiger partial charge in [0, 0.05) is 48.7 Å². The molecule has 1 aromatic carbocycles. The summed E-state index contributed by atoms with van der Waals surface area (Å²) in [4.78, 5) is 23.8. The van der Waals surface area contributed by atoms with Crippen LogP contribution in [0.4, 0.5) is 17.3 Å². The fraction of sp³-hybridized carbons (Fsp3) is 0.217. The average Bonchev–Trinajstić information content (AvgIpc) is 3.41. The first-order valence-electron chi connectivity index (χ1n) is 10.4. The smallest absolute Gasteiger partial charge is 0.265 e. The van der Waals surface area contributed by atoms with Gasteiger partial charge in [0.15, 0.2) is 0 Å². The zero-order chi connectivity index (χ0) is 22.1. The molecule has 4 heterocycles. The molecule has 1 amide bonds. The van der Waals surface area contributed by atoms with Crippen LogP contribution < -0.4 is 16.0 Å². The monoisotopic (exact) mass is 445 g/mol. The molecule has 0 atom stereocenters. The molecule has 1 aliphatic rings. The number of aromatic nitrogens is 4. The third kappa shape index (κ3) is 4.25. The minimum Gasteiger partial charge on any atom is -0.321 e. The fourth-order valence-electron chi connectivity index (χ4n) is 3.71. The highest BCUT2D eigenvalue weighted by molar-refractivity contribution is 7.14. The largest absolute Gasteiger partial charge is 0.321 e. The van der Waals surface area contributed by atoms with Crippen molar-refractivity contribution < 1.29 is 4.79 Å². The number of amides is 1. The molecule has 0 radical (unpaired) electrons. The van der Waals surface area contributed by atoms with Gasteiger partial charge in [-0.2, -0.15) is 5.10 Å². The Morgan fingerprint density at radius 1 is 1.25 bits per heavy atom. The van der Waals surface area contributed by atoms with Gasteiger partial charge in [-0.3, -0.25) is 9.48 Å². The molecule has 8 nitrogen and oxygen atoms in total. The molecule has 3 N–H and O–H groups in total. The molecule has 0 unspecified atom stereocenters. The third-order valence-corrected chi connectivity index (χ3v) is 6.59. The minimum atomic E-state index is -0.0646. The number of hydrogen-bond donors (Lipinski definition) is 3. The number of nitrogens with zero attached hydrogens (tertiary/aromatic N) is 4. The molecule has 4 aromatic rings. The number of anilines is 3. The molecule has 0 spiro atoms. The molecule has 5 rings (SSSR count). The Labute approximate surface area is 189 Å². The number of rotatable bonds is 5. The van der Waals surface area contributed by atoms with E-state index in [4.69, 9.17) is 0 Å². The van der Waals surface area contributed by atoms with Crippen molar-refractivity contribution in [3.8, 4) is 11.3 Å². The van der Waals surface area contributed by atoms with Crippen LogP contribution in [0.1, 0.15) is 25.7 Å². The quantitative estimate of drug-likeness (QED) is 0.431. The van der Waals surface area contributed by atoms with Gasteiger partial charge in [0.05, 0.1) is 22.5 Å². The molecular weight excluding hydrogens is 422 g/mol. The first kappa shape index (κ1) is 20.3. The van der Waals surface area contributed by atoms with Crippen LogP contribution >= 0.6 is 11.3 Å². The van der Waals surface area contributed by atoms with Crippen molar-refractivity contribution >= 4 is 34.6 Å². The topological polar surface area (TPSA) is 96.8 Å². The van der Waals surface area contributed by atoms with E-state index >= 15 is 0 Å². The van der Waals surface area contributed by atoms with Crippen LogP contribution in [0.15, 0.2) is 48.9 Å². The van der Waals surface area contributed by atoms with E-state index in [0.29, 0.717) is 5.95 Å². The normalized spacial score (nSPS) is 12.9. The maximum absolute atomic E-state index is 12.8. The lowest BCUT2D eigenvalue weighted by Crippen LogP contribution is -2.21. The number of carbonyl (C=O) groups excluding carboxylic acids is 1. The SMILES string of the molecule is Cc1cc(-c2ccnc(Nc3cnn(C)c3)n2)ccc1NC(=O)c1cc2c(s1)CCNC2. The molecule has 1 aliphatic heterocycles. The van der Waals surface area contributed by atoms with Crippen molar-refractivity contribution in [2.24, 2.45) is 7.05 Å².